The summed E-state index contributed by atoms with van der Waals surface area (Å²) < 4.78 is 1.98. The summed E-state index contributed by atoms with van der Waals surface area (Å²) in [7, 11) is 4.04. The molecular formula is C16H23N3. The molecule has 2 aromatic rings. The predicted molar refractivity (Wildman–Crippen MR) is 79.3 cm³/mol. The van der Waals surface area contributed by atoms with Gasteiger partial charge in [-0.3, -0.25) is 4.68 Å². The zero-order valence-electron chi connectivity index (χ0n) is 12.3. The SMILES string of the molecule is CCc1ccccc1C(Cc1cc(C)nn1C)NC. The van der Waals surface area contributed by atoms with Gasteiger partial charge in [0.25, 0.3) is 0 Å². The van der Waals surface area contributed by atoms with Crippen LogP contribution in [0.5, 0.6) is 0 Å². The first-order chi connectivity index (χ1) is 9.15. The first kappa shape index (κ1) is 13.8. The van der Waals surface area contributed by atoms with Gasteiger partial charge < -0.3 is 5.32 Å². The third-order valence-electron chi connectivity index (χ3n) is 3.67. The molecule has 1 unspecified atom stereocenters. The van der Waals surface area contributed by atoms with Gasteiger partial charge in [-0.2, -0.15) is 5.10 Å². The van der Waals surface area contributed by atoms with Gasteiger partial charge in [0.1, 0.15) is 0 Å². The summed E-state index contributed by atoms with van der Waals surface area (Å²) >= 11 is 0. The third kappa shape index (κ3) is 3.04. The Morgan fingerprint density at radius 2 is 2.05 bits per heavy atom. The number of aryl methyl sites for hydroxylation is 3. The smallest absolute Gasteiger partial charge is 0.0596 e. The monoisotopic (exact) mass is 257 g/mol. The van der Waals surface area contributed by atoms with Crippen molar-refractivity contribution in [2.24, 2.45) is 7.05 Å². The first-order valence-electron chi connectivity index (χ1n) is 6.90. The van der Waals surface area contributed by atoms with Gasteiger partial charge in [-0.05, 0) is 37.6 Å². The van der Waals surface area contributed by atoms with E-state index in [9.17, 15) is 0 Å². The van der Waals surface area contributed by atoms with Gasteiger partial charge in [0, 0.05) is 25.2 Å². The number of hydrogen-bond donors (Lipinski definition) is 1. The Kier molecular flexibility index (Phi) is 4.38. The first-order valence-corrected chi connectivity index (χ1v) is 6.90. The highest BCUT2D eigenvalue weighted by Gasteiger charge is 2.15. The number of likely N-dealkylation sites (N-methyl/N-ethyl adjacent to an activating group) is 1. The Morgan fingerprint density at radius 3 is 2.63 bits per heavy atom. The topological polar surface area (TPSA) is 29.9 Å². The second-order valence-corrected chi connectivity index (χ2v) is 5.00. The van der Waals surface area contributed by atoms with Crippen LogP contribution in [0.1, 0.15) is 35.5 Å². The Balaban J connectivity index is 2.27. The largest absolute Gasteiger partial charge is 0.313 e. The maximum absolute atomic E-state index is 4.42. The lowest BCUT2D eigenvalue weighted by atomic mass is 9.95. The van der Waals surface area contributed by atoms with Gasteiger partial charge in [0.2, 0.25) is 0 Å². The lowest BCUT2D eigenvalue weighted by Crippen LogP contribution is -2.21. The molecule has 0 spiro atoms. The lowest BCUT2D eigenvalue weighted by molar-refractivity contribution is 0.557. The molecule has 0 aliphatic rings. The fraction of sp³-hybridized carbons (Fsp3) is 0.438. The zero-order valence-corrected chi connectivity index (χ0v) is 12.3. The van der Waals surface area contributed by atoms with Crippen LogP contribution in [-0.2, 0) is 19.9 Å². The maximum atomic E-state index is 4.42. The van der Waals surface area contributed by atoms with E-state index in [2.05, 4.69) is 47.7 Å². The van der Waals surface area contributed by atoms with Crippen molar-refractivity contribution in [2.75, 3.05) is 7.05 Å². The molecule has 3 nitrogen and oxygen atoms in total. The summed E-state index contributed by atoms with van der Waals surface area (Å²) in [5, 5.41) is 7.86. The molecule has 0 saturated heterocycles. The van der Waals surface area contributed by atoms with E-state index in [0.717, 1.165) is 18.5 Å². The Labute approximate surface area is 115 Å². The molecule has 0 radical (unpaired) electrons. The van der Waals surface area contributed by atoms with Crippen molar-refractivity contribution in [2.45, 2.75) is 32.7 Å². The van der Waals surface area contributed by atoms with E-state index in [1.165, 1.54) is 16.8 Å². The van der Waals surface area contributed by atoms with Crippen molar-refractivity contribution in [3.63, 3.8) is 0 Å². The standard InChI is InChI=1S/C16H23N3/c1-5-13-8-6-7-9-15(13)16(17-3)11-14-10-12(2)18-19(14)4/h6-10,16-17H,5,11H2,1-4H3. The van der Waals surface area contributed by atoms with Gasteiger partial charge >= 0.3 is 0 Å². The van der Waals surface area contributed by atoms with Crippen LogP contribution in [0.25, 0.3) is 0 Å². The Bertz CT molecular complexity index is 543. The van der Waals surface area contributed by atoms with E-state index in [4.69, 9.17) is 0 Å². The van der Waals surface area contributed by atoms with Crippen molar-refractivity contribution in [3.8, 4) is 0 Å². The summed E-state index contributed by atoms with van der Waals surface area (Å²) in [6.45, 7) is 4.25. The molecule has 3 heteroatoms. The minimum absolute atomic E-state index is 0.339. The second kappa shape index (κ2) is 6.02. The molecule has 19 heavy (non-hydrogen) atoms. The second-order valence-electron chi connectivity index (χ2n) is 5.00. The molecule has 0 aliphatic heterocycles. The molecule has 0 saturated carbocycles. The van der Waals surface area contributed by atoms with Crippen LogP contribution in [0.15, 0.2) is 30.3 Å². The van der Waals surface area contributed by atoms with Gasteiger partial charge in [0.05, 0.1) is 5.69 Å². The van der Waals surface area contributed by atoms with Crippen LogP contribution in [0, 0.1) is 6.92 Å². The molecule has 1 heterocycles. The van der Waals surface area contributed by atoms with E-state index in [1.807, 2.05) is 25.7 Å². The summed E-state index contributed by atoms with van der Waals surface area (Å²) in [4.78, 5) is 0. The molecular weight excluding hydrogens is 234 g/mol. The molecule has 1 aromatic carbocycles. The number of hydrogen-bond acceptors (Lipinski definition) is 2. The van der Waals surface area contributed by atoms with Crippen LogP contribution in [-0.4, -0.2) is 16.8 Å². The van der Waals surface area contributed by atoms with Crippen LogP contribution in [0.3, 0.4) is 0 Å². The number of nitrogens with zero attached hydrogens (tertiary/aromatic N) is 2. The molecule has 102 valence electrons. The quantitative estimate of drug-likeness (QED) is 0.892. The highest BCUT2D eigenvalue weighted by Crippen LogP contribution is 2.22. The molecule has 1 N–H and O–H groups in total. The molecule has 0 bridgehead atoms. The van der Waals surface area contributed by atoms with E-state index < -0.39 is 0 Å². The molecule has 1 aromatic heterocycles. The van der Waals surface area contributed by atoms with Gasteiger partial charge in [0.15, 0.2) is 0 Å². The highest BCUT2D eigenvalue weighted by molar-refractivity contribution is 5.31. The third-order valence-corrected chi connectivity index (χ3v) is 3.67. The fourth-order valence-electron chi connectivity index (χ4n) is 2.63. The number of nitrogens with one attached hydrogen (secondary N) is 1. The van der Waals surface area contributed by atoms with Crippen molar-refractivity contribution in [1.29, 1.82) is 0 Å². The van der Waals surface area contributed by atoms with Crippen LogP contribution >= 0.6 is 0 Å². The van der Waals surface area contributed by atoms with Crippen molar-refractivity contribution in [3.05, 3.63) is 52.8 Å². The van der Waals surface area contributed by atoms with E-state index >= 15 is 0 Å². The van der Waals surface area contributed by atoms with Crippen molar-refractivity contribution >= 4 is 0 Å². The predicted octanol–water partition coefficient (Wildman–Crippen LogP) is 2.79. The average Bonchev–Trinajstić information content (AvgIpc) is 2.74. The molecule has 2 rings (SSSR count). The zero-order chi connectivity index (χ0) is 13.8. The maximum Gasteiger partial charge on any atom is 0.0596 e. The number of rotatable bonds is 5. The van der Waals surface area contributed by atoms with E-state index in [-0.39, 0.29) is 0 Å². The van der Waals surface area contributed by atoms with E-state index in [0.29, 0.717) is 6.04 Å². The minimum atomic E-state index is 0.339. The summed E-state index contributed by atoms with van der Waals surface area (Å²) in [5.74, 6) is 0. The Morgan fingerprint density at radius 1 is 1.32 bits per heavy atom. The number of aromatic nitrogens is 2. The summed E-state index contributed by atoms with van der Waals surface area (Å²) in [5.41, 5.74) is 5.16. The van der Waals surface area contributed by atoms with Crippen molar-refractivity contribution in [1.82, 2.24) is 15.1 Å². The van der Waals surface area contributed by atoms with Crippen LogP contribution in [0.2, 0.25) is 0 Å². The molecule has 0 amide bonds. The lowest BCUT2D eigenvalue weighted by Gasteiger charge is -2.19. The van der Waals surface area contributed by atoms with Gasteiger partial charge in [-0.1, -0.05) is 31.2 Å². The Hall–Kier alpha value is -1.61. The molecule has 1 atom stereocenters. The van der Waals surface area contributed by atoms with Gasteiger partial charge in [-0.25, -0.2) is 0 Å². The van der Waals surface area contributed by atoms with Crippen LogP contribution < -0.4 is 5.32 Å². The fourth-order valence-corrected chi connectivity index (χ4v) is 2.63. The molecule has 0 aliphatic carbocycles. The van der Waals surface area contributed by atoms with Crippen molar-refractivity contribution < 1.29 is 0 Å². The minimum Gasteiger partial charge on any atom is -0.313 e. The van der Waals surface area contributed by atoms with Gasteiger partial charge in [-0.15, -0.1) is 0 Å². The highest BCUT2D eigenvalue weighted by atomic mass is 15.3. The molecule has 0 fully saturated rings. The average molecular weight is 257 g/mol. The van der Waals surface area contributed by atoms with E-state index in [1.54, 1.807) is 0 Å². The normalized spacial score (nSPS) is 12.6. The number of benzene rings is 1. The summed E-state index contributed by atoms with van der Waals surface area (Å²) in [6, 6.07) is 11.2. The van der Waals surface area contributed by atoms with Crippen LogP contribution in [0.4, 0.5) is 0 Å². The summed E-state index contributed by atoms with van der Waals surface area (Å²) in [6.07, 6.45) is 2.03.